The monoisotopic (exact) mass is 342 g/mol. The fourth-order valence-corrected chi connectivity index (χ4v) is 4.27. The molecule has 0 amide bonds. The van der Waals surface area contributed by atoms with Crippen LogP contribution in [-0.2, 0) is 16.2 Å². The number of hydrogen-bond donors (Lipinski definition) is 2. The third-order valence-corrected chi connectivity index (χ3v) is 5.21. The van der Waals surface area contributed by atoms with Gasteiger partial charge in [-0.15, -0.1) is 0 Å². The lowest BCUT2D eigenvalue weighted by molar-refractivity contribution is -0.139. The van der Waals surface area contributed by atoms with E-state index in [9.17, 15) is 21.6 Å². The van der Waals surface area contributed by atoms with E-state index in [2.05, 4.69) is 10.0 Å². The summed E-state index contributed by atoms with van der Waals surface area (Å²) in [5.74, 6) is 0. The topological polar surface area (TPSA) is 58.2 Å². The van der Waals surface area contributed by atoms with Crippen molar-refractivity contribution >= 4 is 21.6 Å². The van der Waals surface area contributed by atoms with E-state index in [1.54, 1.807) is 0 Å². The van der Waals surface area contributed by atoms with Gasteiger partial charge in [0, 0.05) is 12.6 Å². The molecular weight excluding hydrogens is 329 g/mol. The van der Waals surface area contributed by atoms with Crippen molar-refractivity contribution in [1.82, 2.24) is 10.0 Å². The number of alkyl halides is 3. The molecule has 2 rings (SSSR count). The highest BCUT2D eigenvalue weighted by molar-refractivity contribution is 7.89. The van der Waals surface area contributed by atoms with Crippen LogP contribution in [0.25, 0.3) is 0 Å². The van der Waals surface area contributed by atoms with Crippen LogP contribution in [0, 0.1) is 0 Å². The molecule has 1 aromatic rings. The molecule has 21 heavy (non-hydrogen) atoms. The summed E-state index contributed by atoms with van der Waals surface area (Å²) in [6.07, 6.45) is -3.47. The minimum atomic E-state index is -4.79. The van der Waals surface area contributed by atoms with Gasteiger partial charge in [0.25, 0.3) is 0 Å². The summed E-state index contributed by atoms with van der Waals surface area (Å²) < 4.78 is 65.7. The van der Waals surface area contributed by atoms with Crippen LogP contribution in [-0.4, -0.2) is 27.5 Å². The van der Waals surface area contributed by atoms with Crippen molar-refractivity contribution in [3.05, 3.63) is 28.8 Å². The fraction of sp³-hybridized carbons (Fsp3) is 0.500. The maximum atomic E-state index is 13.0. The Labute approximate surface area is 125 Å². The minimum Gasteiger partial charge on any atom is -0.315 e. The third-order valence-electron chi connectivity index (χ3n) is 3.16. The molecule has 1 heterocycles. The van der Waals surface area contributed by atoms with E-state index in [-0.39, 0.29) is 0 Å². The summed E-state index contributed by atoms with van der Waals surface area (Å²) in [5.41, 5.74) is -1.26. The Kier molecular flexibility index (Phi) is 4.82. The molecule has 9 heteroatoms. The molecule has 1 aromatic carbocycles. The Bertz CT molecular complexity index is 613. The molecule has 1 saturated heterocycles. The van der Waals surface area contributed by atoms with Crippen molar-refractivity contribution in [1.29, 1.82) is 0 Å². The number of rotatable bonds is 3. The van der Waals surface area contributed by atoms with Gasteiger partial charge in [0.1, 0.15) is 4.90 Å². The van der Waals surface area contributed by atoms with Gasteiger partial charge in [0.2, 0.25) is 10.0 Å². The molecular formula is C12H14ClF3N2O2S. The second-order valence-electron chi connectivity index (χ2n) is 4.78. The molecule has 0 aromatic heterocycles. The first-order valence-corrected chi connectivity index (χ1v) is 8.16. The zero-order chi connectivity index (χ0) is 15.7. The van der Waals surface area contributed by atoms with Crippen LogP contribution < -0.4 is 10.0 Å². The molecule has 0 spiro atoms. The second-order valence-corrected chi connectivity index (χ2v) is 6.84. The highest BCUT2D eigenvalue weighted by Gasteiger charge is 2.39. The number of halogens is 4. The van der Waals surface area contributed by atoms with Crippen molar-refractivity contribution in [2.24, 2.45) is 0 Å². The van der Waals surface area contributed by atoms with Crippen LogP contribution in [0.1, 0.15) is 18.4 Å². The van der Waals surface area contributed by atoms with Crippen LogP contribution in [0.15, 0.2) is 23.1 Å². The molecule has 0 saturated carbocycles. The summed E-state index contributed by atoms with van der Waals surface area (Å²) in [6.45, 7) is 1.14. The quantitative estimate of drug-likeness (QED) is 0.886. The molecule has 0 radical (unpaired) electrons. The van der Waals surface area contributed by atoms with Crippen molar-refractivity contribution < 1.29 is 21.6 Å². The van der Waals surface area contributed by atoms with Crippen molar-refractivity contribution in [2.75, 3.05) is 13.1 Å². The molecule has 0 unspecified atom stereocenters. The lowest BCUT2D eigenvalue weighted by Gasteiger charge is -2.24. The fourth-order valence-electron chi connectivity index (χ4n) is 2.24. The first-order chi connectivity index (χ1) is 9.72. The van der Waals surface area contributed by atoms with E-state index >= 15 is 0 Å². The molecule has 1 atom stereocenters. The van der Waals surface area contributed by atoms with Gasteiger partial charge in [-0.05, 0) is 31.5 Å². The Morgan fingerprint density at radius 2 is 2.05 bits per heavy atom. The zero-order valence-corrected chi connectivity index (χ0v) is 12.4. The van der Waals surface area contributed by atoms with Gasteiger partial charge >= 0.3 is 6.18 Å². The van der Waals surface area contributed by atoms with E-state index in [1.165, 1.54) is 0 Å². The van der Waals surface area contributed by atoms with Gasteiger partial charge in [0.15, 0.2) is 0 Å². The summed E-state index contributed by atoms with van der Waals surface area (Å²) in [5, 5.41) is 2.54. The van der Waals surface area contributed by atoms with Crippen molar-refractivity contribution in [2.45, 2.75) is 30.0 Å². The zero-order valence-electron chi connectivity index (χ0n) is 10.9. The predicted octanol–water partition coefficient (Wildman–Crippen LogP) is 2.39. The number of piperidine rings is 1. The number of sulfonamides is 1. The lowest BCUT2D eigenvalue weighted by atomic mass is 10.1. The van der Waals surface area contributed by atoms with Crippen LogP contribution in [0.4, 0.5) is 13.2 Å². The first-order valence-electron chi connectivity index (χ1n) is 6.30. The van der Waals surface area contributed by atoms with Crippen LogP contribution in [0.2, 0.25) is 5.02 Å². The van der Waals surface area contributed by atoms with Gasteiger partial charge in [-0.1, -0.05) is 17.7 Å². The maximum Gasteiger partial charge on any atom is 0.417 e. The van der Waals surface area contributed by atoms with E-state index in [0.29, 0.717) is 19.0 Å². The normalized spacial score (nSPS) is 20.5. The summed E-state index contributed by atoms with van der Waals surface area (Å²) in [6, 6.07) is 2.47. The second kappa shape index (κ2) is 6.12. The third kappa shape index (κ3) is 3.88. The molecule has 1 fully saturated rings. The summed E-state index contributed by atoms with van der Waals surface area (Å²) in [4.78, 5) is -0.912. The molecule has 4 nitrogen and oxygen atoms in total. The molecule has 2 N–H and O–H groups in total. The van der Waals surface area contributed by atoms with E-state index < -0.39 is 37.7 Å². The van der Waals surface area contributed by atoms with Crippen molar-refractivity contribution in [3.63, 3.8) is 0 Å². The smallest absolute Gasteiger partial charge is 0.315 e. The number of nitrogens with one attached hydrogen (secondary N) is 2. The van der Waals surface area contributed by atoms with Gasteiger partial charge in [-0.2, -0.15) is 13.2 Å². The highest BCUT2D eigenvalue weighted by atomic mass is 35.5. The van der Waals surface area contributed by atoms with E-state index in [0.717, 1.165) is 25.1 Å². The summed E-state index contributed by atoms with van der Waals surface area (Å²) >= 11 is 5.70. The van der Waals surface area contributed by atoms with Crippen LogP contribution >= 0.6 is 11.6 Å². The largest absolute Gasteiger partial charge is 0.417 e. The molecule has 0 bridgehead atoms. The Balaban J connectivity index is 2.39. The highest BCUT2D eigenvalue weighted by Crippen LogP contribution is 2.37. The van der Waals surface area contributed by atoms with Gasteiger partial charge < -0.3 is 5.32 Å². The Hall–Kier alpha value is -0.830. The van der Waals surface area contributed by atoms with Crippen LogP contribution in [0.3, 0.4) is 0 Å². The van der Waals surface area contributed by atoms with Gasteiger partial charge in [-0.3, -0.25) is 0 Å². The molecule has 0 aliphatic carbocycles. The average Bonchev–Trinajstić information content (AvgIpc) is 2.37. The predicted molar refractivity (Wildman–Crippen MR) is 72.7 cm³/mol. The van der Waals surface area contributed by atoms with Gasteiger partial charge in [0.05, 0.1) is 10.6 Å². The first kappa shape index (κ1) is 16.5. The average molecular weight is 343 g/mol. The number of benzene rings is 1. The van der Waals surface area contributed by atoms with E-state index in [1.807, 2.05) is 0 Å². The van der Waals surface area contributed by atoms with E-state index in [4.69, 9.17) is 11.6 Å². The summed E-state index contributed by atoms with van der Waals surface area (Å²) in [7, 11) is -4.35. The maximum absolute atomic E-state index is 13.0. The number of hydrogen-bond acceptors (Lipinski definition) is 3. The molecule has 118 valence electrons. The van der Waals surface area contributed by atoms with Crippen LogP contribution in [0.5, 0.6) is 0 Å². The Morgan fingerprint density at radius 1 is 1.33 bits per heavy atom. The Morgan fingerprint density at radius 3 is 2.62 bits per heavy atom. The SMILES string of the molecule is O=S(=O)(N[C@H]1CCCNC1)c1c(Cl)cccc1C(F)(F)F. The standard InChI is InChI=1S/C12H14ClF3N2O2S/c13-10-5-1-4-9(12(14,15)16)11(10)21(19,20)18-8-3-2-6-17-7-8/h1,4-5,8,17-18H,2-3,6-7H2/t8-/m0/s1. The minimum absolute atomic E-state index is 0.380. The van der Waals surface area contributed by atoms with Crippen molar-refractivity contribution in [3.8, 4) is 0 Å². The molecule has 1 aliphatic heterocycles. The lowest BCUT2D eigenvalue weighted by Crippen LogP contribution is -2.45. The molecule has 1 aliphatic rings. The van der Waals surface area contributed by atoms with Gasteiger partial charge in [-0.25, -0.2) is 13.1 Å².